The second-order valence-corrected chi connectivity index (χ2v) is 4.80. The van der Waals surface area contributed by atoms with Crippen LogP contribution in [0, 0.1) is 0 Å². The number of para-hydroxylation sites is 1. The van der Waals surface area contributed by atoms with Crippen LogP contribution in [0.15, 0.2) is 24.3 Å². The van der Waals surface area contributed by atoms with Crippen molar-refractivity contribution < 1.29 is 22.7 Å². The van der Waals surface area contributed by atoms with Crippen LogP contribution >= 0.6 is 0 Å². The van der Waals surface area contributed by atoms with Gasteiger partial charge in [0.25, 0.3) is 0 Å². The van der Waals surface area contributed by atoms with Gasteiger partial charge < -0.3 is 4.74 Å². The van der Waals surface area contributed by atoms with E-state index in [1.165, 1.54) is 18.2 Å². The first-order valence-electron chi connectivity index (χ1n) is 5.51. The number of nitrogens with one attached hydrogen (secondary N) is 2. The number of carbonyl (C=O) groups excluding carboxylic acids is 1. The molecule has 7 heteroatoms. The molecule has 0 bridgehead atoms. The highest BCUT2D eigenvalue weighted by molar-refractivity contribution is 5.70. The fourth-order valence-electron chi connectivity index (χ4n) is 1.26. The molecule has 0 fully saturated rings. The normalized spacial score (nSPS) is 11.9. The van der Waals surface area contributed by atoms with Crippen LogP contribution in [-0.2, 0) is 10.9 Å². The number of benzene rings is 1. The van der Waals surface area contributed by atoms with Gasteiger partial charge in [-0.3, -0.25) is 5.43 Å². The van der Waals surface area contributed by atoms with Crippen molar-refractivity contribution in [2.75, 3.05) is 5.43 Å². The van der Waals surface area contributed by atoms with Crippen LogP contribution in [0.2, 0.25) is 0 Å². The van der Waals surface area contributed by atoms with Crippen LogP contribution in [0.4, 0.5) is 23.7 Å². The molecule has 1 aromatic rings. The molecule has 0 radical (unpaired) electrons. The summed E-state index contributed by atoms with van der Waals surface area (Å²) in [5.41, 5.74) is 2.41. The highest BCUT2D eigenvalue weighted by atomic mass is 19.4. The zero-order valence-corrected chi connectivity index (χ0v) is 10.8. The summed E-state index contributed by atoms with van der Waals surface area (Å²) in [5.74, 6) is 0. The molecule has 4 nitrogen and oxygen atoms in total. The maximum absolute atomic E-state index is 12.7. The maximum atomic E-state index is 12.7. The number of ether oxygens (including phenoxy) is 1. The number of hydrogen-bond donors (Lipinski definition) is 2. The Hall–Kier alpha value is -1.92. The van der Waals surface area contributed by atoms with E-state index >= 15 is 0 Å². The molecule has 0 saturated carbocycles. The van der Waals surface area contributed by atoms with Crippen LogP contribution in [0.1, 0.15) is 26.3 Å². The number of hydrogen-bond acceptors (Lipinski definition) is 3. The molecule has 0 aromatic heterocycles. The summed E-state index contributed by atoms with van der Waals surface area (Å²) in [5, 5.41) is 0. The molecule has 0 unspecified atom stereocenters. The molecule has 2 N–H and O–H groups in total. The van der Waals surface area contributed by atoms with Crippen LogP contribution in [0.25, 0.3) is 0 Å². The van der Waals surface area contributed by atoms with Gasteiger partial charge in [-0.05, 0) is 32.9 Å². The lowest BCUT2D eigenvalue weighted by Gasteiger charge is -2.21. The summed E-state index contributed by atoms with van der Waals surface area (Å²) < 4.78 is 42.9. The van der Waals surface area contributed by atoms with E-state index in [1.807, 2.05) is 0 Å². The molecule has 0 spiro atoms. The molecule has 0 aliphatic carbocycles. The Balaban J connectivity index is 2.71. The topological polar surface area (TPSA) is 50.4 Å². The summed E-state index contributed by atoms with van der Waals surface area (Å²) in [6.07, 6.45) is -5.36. The van der Waals surface area contributed by atoms with Crippen molar-refractivity contribution in [3.8, 4) is 0 Å². The van der Waals surface area contributed by atoms with Gasteiger partial charge in [-0.15, -0.1) is 0 Å². The van der Waals surface area contributed by atoms with Crippen LogP contribution in [-0.4, -0.2) is 11.7 Å². The molecule has 0 aliphatic rings. The average Bonchev–Trinajstić information content (AvgIpc) is 2.23. The molecule has 0 aliphatic heterocycles. The molecular formula is C12H15F3N2O2. The van der Waals surface area contributed by atoms with E-state index in [4.69, 9.17) is 4.74 Å². The molecule has 106 valence electrons. The predicted octanol–water partition coefficient (Wildman–Crippen LogP) is 3.56. The van der Waals surface area contributed by atoms with E-state index in [1.54, 1.807) is 20.8 Å². The van der Waals surface area contributed by atoms with Gasteiger partial charge in [-0.1, -0.05) is 12.1 Å². The second kappa shape index (κ2) is 5.38. The van der Waals surface area contributed by atoms with Gasteiger partial charge in [-0.25, -0.2) is 10.2 Å². The van der Waals surface area contributed by atoms with Gasteiger partial charge >= 0.3 is 12.3 Å². The molecule has 0 heterocycles. The van der Waals surface area contributed by atoms with Gasteiger partial charge in [0.1, 0.15) is 5.60 Å². The molecule has 0 atom stereocenters. The minimum atomic E-state index is -4.50. The van der Waals surface area contributed by atoms with E-state index in [0.29, 0.717) is 0 Å². The summed E-state index contributed by atoms with van der Waals surface area (Å²) in [6, 6.07) is 4.81. The van der Waals surface area contributed by atoms with Gasteiger partial charge in [0.05, 0.1) is 11.3 Å². The van der Waals surface area contributed by atoms with E-state index in [9.17, 15) is 18.0 Å². The average molecular weight is 276 g/mol. The summed E-state index contributed by atoms with van der Waals surface area (Å²) in [6.45, 7) is 4.95. The van der Waals surface area contributed by atoms with Crippen LogP contribution < -0.4 is 10.9 Å². The van der Waals surface area contributed by atoms with Gasteiger partial charge in [-0.2, -0.15) is 13.2 Å². The Morgan fingerprint density at radius 1 is 1.16 bits per heavy atom. The first-order chi connectivity index (χ1) is 8.59. The van der Waals surface area contributed by atoms with Crippen molar-refractivity contribution >= 4 is 11.8 Å². The number of anilines is 1. The van der Waals surface area contributed by atoms with Gasteiger partial charge in [0.2, 0.25) is 0 Å². The molecule has 19 heavy (non-hydrogen) atoms. The molecule has 1 amide bonds. The van der Waals surface area contributed by atoms with Gasteiger partial charge in [0, 0.05) is 0 Å². The van der Waals surface area contributed by atoms with E-state index in [2.05, 4.69) is 10.9 Å². The van der Waals surface area contributed by atoms with Crippen LogP contribution in [0.5, 0.6) is 0 Å². The Labute approximate surface area is 108 Å². The third-order valence-corrected chi connectivity index (χ3v) is 1.93. The lowest BCUT2D eigenvalue weighted by Crippen LogP contribution is -2.36. The minimum Gasteiger partial charge on any atom is -0.443 e. The van der Waals surface area contributed by atoms with Crippen molar-refractivity contribution in [3.63, 3.8) is 0 Å². The van der Waals surface area contributed by atoms with Crippen molar-refractivity contribution in [1.82, 2.24) is 5.43 Å². The van der Waals surface area contributed by atoms with Crippen LogP contribution in [0.3, 0.4) is 0 Å². The second-order valence-electron chi connectivity index (χ2n) is 4.80. The minimum absolute atomic E-state index is 0.249. The first kappa shape index (κ1) is 15.1. The Kier molecular flexibility index (Phi) is 4.28. The largest absolute Gasteiger partial charge is 0.443 e. The zero-order valence-electron chi connectivity index (χ0n) is 10.8. The van der Waals surface area contributed by atoms with Crippen molar-refractivity contribution in [2.24, 2.45) is 0 Å². The fraction of sp³-hybridized carbons (Fsp3) is 0.417. The standard InChI is InChI=1S/C12H15F3N2O2/c1-11(2,3)19-10(18)17-16-9-7-5-4-6-8(9)12(13,14)15/h4-7,16H,1-3H3,(H,17,18). The number of halogens is 3. The summed E-state index contributed by atoms with van der Waals surface area (Å²) >= 11 is 0. The highest BCUT2D eigenvalue weighted by Crippen LogP contribution is 2.34. The van der Waals surface area contributed by atoms with Gasteiger partial charge in [0.15, 0.2) is 0 Å². The smallest absolute Gasteiger partial charge is 0.426 e. The quantitative estimate of drug-likeness (QED) is 0.812. The Morgan fingerprint density at radius 2 is 1.74 bits per heavy atom. The molecule has 0 saturated heterocycles. The third kappa shape index (κ3) is 5.07. The first-order valence-corrected chi connectivity index (χ1v) is 5.51. The number of hydrazine groups is 1. The summed E-state index contributed by atoms with van der Waals surface area (Å²) in [7, 11) is 0. The van der Waals surface area contributed by atoms with E-state index < -0.39 is 23.4 Å². The van der Waals surface area contributed by atoms with E-state index in [0.717, 1.165) is 6.07 Å². The summed E-state index contributed by atoms with van der Waals surface area (Å²) in [4.78, 5) is 11.3. The van der Waals surface area contributed by atoms with Crippen molar-refractivity contribution in [3.05, 3.63) is 29.8 Å². The SMILES string of the molecule is CC(C)(C)OC(=O)NNc1ccccc1C(F)(F)F. The number of rotatable bonds is 2. The van der Waals surface area contributed by atoms with Crippen molar-refractivity contribution in [1.29, 1.82) is 0 Å². The van der Waals surface area contributed by atoms with Crippen molar-refractivity contribution in [2.45, 2.75) is 32.5 Å². The number of alkyl halides is 3. The molecule has 1 aromatic carbocycles. The molecular weight excluding hydrogens is 261 g/mol. The predicted molar refractivity (Wildman–Crippen MR) is 64.4 cm³/mol. The number of amides is 1. The lowest BCUT2D eigenvalue weighted by atomic mass is 10.2. The van der Waals surface area contributed by atoms with E-state index in [-0.39, 0.29) is 5.69 Å². The molecule has 1 rings (SSSR count). The highest BCUT2D eigenvalue weighted by Gasteiger charge is 2.33. The fourth-order valence-corrected chi connectivity index (χ4v) is 1.26. The monoisotopic (exact) mass is 276 g/mol. The lowest BCUT2D eigenvalue weighted by molar-refractivity contribution is -0.137. The zero-order chi connectivity index (χ0) is 14.7. The maximum Gasteiger partial charge on any atom is 0.426 e. The Morgan fingerprint density at radius 3 is 2.26 bits per heavy atom. The third-order valence-electron chi connectivity index (χ3n) is 1.93. The Bertz CT molecular complexity index is 453. The number of carbonyl (C=O) groups is 1.